The highest BCUT2D eigenvalue weighted by atomic mass is 79.9. The molecule has 0 aromatic heterocycles. The summed E-state index contributed by atoms with van der Waals surface area (Å²) in [7, 11) is 1.50. The van der Waals surface area contributed by atoms with Crippen LogP contribution in [0, 0.1) is 5.92 Å². The minimum Gasteiger partial charge on any atom is -0.495 e. The monoisotopic (exact) mass is 493 g/mol. The predicted molar refractivity (Wildman–Crippen MR) is 118 cm³/mol. The molecule has 9 heteroatoms. The number of benzene rings is 2. The summed E-state index contributed by atoms with van der Waals surface area (Å²) in [4.78, 5) is 26.6. The molecule has 2 aromatic carbocycles. The lowest BCUT2D eigenvalue weighted by Gasteiger charge is -2.29. The number of aliphatic hydroxyl groups is 1. The molecular weight excluding hydrogens is 474 g/mol. The van der Waals surface area contributed by atoms with Crippen molar-refractivity contribution in [2.75, 3.05) is 17.7 Å². The number of methoxy groups -OCH3 is 1. The van der Waals surface area contributed by atoms with Crippen LogP contribution in [0.1, 0.15) is 18.9 Å². The third-order valence-corrected chi connectivity index (χ3v) is 6.48. The standard InChI is InChI=1S/C21H21BrClN3O4/c1-10(27)16-9-14(19(28)24-17-8-12(23)4-6-18(17)30-2)21(26-16)13-7-11(22)3-5-15(13)25-20(21)29/h3-8,10,14,16,26-27H,9H2,1-2H3,(H,24,28)(H,25,29)/t10-,14-,16+,21+/m1/s1. The molecule has 1 fully saturated rings. The fourth-order valence-corrected chi connectivity index (χ4v) is 4.82. The Morgan fingerprint density at radius 3 is 2.83 bits per heavy atom. The Labute approximate surface area is 187 Å². The number of halogens is 2. The van der Waals surface area contributed by atoms with Crippen LogP contribution in [0.25, 0.3) is 0 Å². The van der Waals surface area contributed by atoms with Crippen molar-refractivity contribution < 1.29 is 19.4 Å². The van der Waals surface area contributed by atoms with Gasteiger partial charge in [0.15, 0.2) is 0 Å². The van der Waals surface area contributed by atoms with Crippen LogP contribution in [-0.2, 0) is 15.1 Å². The molecule has 2 aliphatic heterocycles. The van der Waals surface area contributed by atoms with Gasteiger partial charge in [-0.3, -0.25) is 14.9 Å². The fraction of sp³-hybridized carbons (Fsp3) is 0.333. The third-order valence-electron chi connectivity index (χ3n) is 5.76. The van der Waals surface area contributed by atoms with Gasteiger partial charge in [0.1, 0.15) is 11.3 Å². The van der Waals surface area contributed by atoms with Gasteiger partial charge in [-0.1, -0.05) is 27.5 Å². The second-order valence-corrected chi connectivity index (χ2v) is 8.92. The molecule has 0 bridgehead atoms. The van der Waals surface area contributed by atoms with Gasteiger partial charge in [0, 0.05) is 26.8 Å². The minimum atomic E-state index is -1.29. The van der Waals surface area contributed by atoms with Gasteiger partial charge in [0.25, 0.3) is 0 Å². The summed E-state index contributed by atoms with van der Waals surface area (Å²) in [6.07, 6.45) is -0.462. The molecule has 1 saturated heterocycles. The molecule has 158 valence electrons. The SMILES string of the molecule is COc1ccc(Cl)cc1NC(=O)[C@H]1C[C@@H]([C@@H](C)O)N[C@]12C(=O)Nc1ccc(Br)cc12. The van der Waals surface area contributed by atoms with E-state index in [0.29, 0.717) is 27.7 Å². The van der Waals surface area contributed by atoms with Crippen molar-refractivity contribution in [3.05, 3.63) is 51.5 Å². The Morgan fingerprint density at radius 1 is 1.37 bits per heavy atom. The molecular formula is C21H21BrClN3O4. The number of ether oxygens (including phenoxy) is 1. The summed E-state index contributed by atoms with van der Waals surface area (Å²) in [5.74, 6) is -0.999. The molecule has 4 N–H and O–H groups in total. The fourth-order valence-electron chi connectivity index (χ4n) is 4.29. The summed E-state index contributed by atoms with van der Waals surface area (Å²) in [5, 5.41) is 19.6. The molecule has 30 heavy (non-hydrogen) atoms. The smallest absolute Gasteiger partial charge is 0.250 e. The maximum atomic E-state index is 13.4. The van der Waals surface area contributed by atoms with E-state index < -0.39 is 23.6 Å². The van der Waals surface area contributed by atoms with Crippen LogP contribution in [-0.4, -0.2) is 36.2 Å². The number of carbonyl (C=O) groups excluding carboxylic acids is 2. The van der Waals surface area contributed by atoms with Gasteiger partial charge in [-0.15, -0.1) is 0 Å². The molecule has 7 nitrogen and oxygen atoms in total. The number of nitrogens with one attached hydrogen (secondary N) is 3. The highest BCUT2D eigenvalue weighted by molar-refractivity contribution is 9.10. The molecule has 0 aliphatic carbocycles. The number of anilines is 2. The molecule has 4 rings (SSSR count). The first-order chi connectivity index (χ1) is 14.3. The van der Waals surface area contributed by atoms with E-state index in [1.807, 2.05) is 12.1 Å². The topological polar surface area (TPSA) is 99.7 Å². The second-order valence-electron chi connectivity index (χ2n) is 7.57. The van der Waals surface area contributed by atoms with E-state index >= 15 is 0 Å². The number of aliphatic hydroxyl groups excluding tert-OH is 1. The lowest BCUT2D eigenvalue weighted by Crippen LogP contribution is -2.53. The largest absolute Gasteiger partial charge is 0.495 e. The lowest BCUT2D eigenvalue weighted by atomic mass is 9.79. The maximum Gasteiger partial charge on any atom is 0.250 e. The molecule has 1 spiro atoms. The van der Waals surface area contributed by atoms with E-state index in [-0.39, 0.29) is 18.2 Å². The van der Waals surface area contributed by atoms with Crippen LogP contribution < -0.4 is 20.7 Å². The summed E-state index contributed by atoms with van der Waals surface area (Å²) < 4.78 is 6.11. The summed E-state index contributed by atoms with van der Waals surface area (Å²) in [5.41, 5.74) is 0.429. The normalized spacial score (nSPS) is 25.7. The van der Waals surface area contributed by atoms with Crippen LogP contribution in [0.15, 0.2) is 40.9 Å². The van der Waals surface area contributed by atoms with Crippen LogP contribution in [0.2, 0.25) is 5.02 Å². The molecule has 0 unspecified atom stereocenters. The number of hydrogen-bond acceptors (Lipinski definition) is 5. The van der Waals surface area contributed by atoms with Crippen LogP contribution in [0.4, 0.5) is 11.4 Å². The number of amides is 2. The van der Waals surface area contributed by atoms with Crippen molar-refractivity contribution in [1.82, 2.24) is 5.32 Å². The number of fused-ring (bicyclic) bond motifs is 2. The van der Waals surface area contributed by atoms with Gasteiger partial charge >= 0.3 is 0 Å². The van der Waals surface area contributed by atoms with E-state index in [1.54, 1.807) is 31.2 Å². The molecule has 2 heterocycles. The van der Waals surface area contributed by atoms with E-state index in [1.165, 1.54) is 7.11 Å². The number of hydrogen-bond donors (Lipinski definition) is 4. The van der Waals surface area contributed by atoms with Crippen LogP contribution >= 0.6 is 27.5 Å². The van der Waals surface area contributed by atoms with Gasteiger partial charge in [0.2, 0.25) is 11.8 Å². The average molecular weight is 495 g/mol. The molecule has 2 amide bonds. The zero-order valence-electron chi connectivity index (χ0n) is 16.3. The molecule has 4 atom stereocenters. The molecule has 0 saturated carbocycles. The molecule has 0 radical (unpaired) electrons. The first-order valence-electron chi connectivity index (χ1n) is 9.48. The summed E-state index contributed by atoms with van der Waals surface area (Å²) >= 11 is 9.54. The Kier molecular flexibility index (Phi) is 5.52. The second kappa shape index (κ2) is 7.85. The Hall–Kier alpha value is -2.13. The van der Waals surface area contributed by atoms with Gasteiger partial charge in [-0.25, -0.2) is 0 Å². The van der Waals surface area contributed by atoms with E-state index in [2.05, 4.69) is 31.9 Å². The summed E-state index contributed by atoms with van der Waals surface area (Å²) in [6, 6.07) is 9.93. The predicted octanol–water partition coefficient (Wildman–Crippen LogP) is 3.26. The average Bonchev–Trinajstić information content (AvgIpc) is 3.23. The van der Waals surface area contributed by atoms with Crippen molar-refractivity contribution in [3.8, 4) is 5.75 Å². The first kappa shape index (κ1) is 21.1. The van der Waals surface area contributed by atoms with Crippen LogP contribution in [0.5, 0.6) is 5.75 Å². The van der Waals surface area contributed by atoms with Crippen molar-refractivity contribution in [1.29, 1.82) is 0 Å². The van der Waals surface area contributed by atoms with Gasteiger partial charge < -0.3 is 20.5 Å². The number of carbonyl (C=O) groups is 2. The minimum absolute atomic E-state index is 0.283. The highest BCUT2D eigenvalue weighted by Crippen LogP contribution is 2.48. The summed E-state index contributed by atoms with van der Waals surface area (Å²) in [6.45, 7) is 1.64. The Balaban J connectivity index is 1.76. The Morgan fingerprint density at radius 2 is 2.13 bits per heavy atom. The lowest BCUT2D eigenvalue weighted by molar-refractivity contribution is -0.130. The maximum absolute atomic E-state index is 13.4. The molecule has 2 aliphatic rings. The zero-order valence-corrected chi connectivity index (χ0v) is 18.7. The van der Waals surface area contributed by atoms with Crippen molar-refractivity contribution in [2.45, 2.75) is 31.0 Å². The van der Waals surface area contributed by atoms with E-state index in [0.717, 1.165) is 4.47 Å². The van der Waals surface area contributed by atoms with Crippen LogP contribution in [0.3, 0.4) is 0 Å². The Bertz CT molecular complexity index is 1030. The third kappa shape index (κ3) is 3.37. The van der Waals surface area contributed by atoms with Crippen molar-refractivity contribution in [2.24, 2.45) is 5.92 Å². The van der Waals surface area contributed by atoms with Gasteiger partial charge in [0.05, 0.1) is 24.8 Å². The quantitative estimate of drug-likeness (QED) is 0.523. The van der Waals surface area contributed by atoms with Gasteiger partial charge in [-0.05, 0) is 49.7 Å². The van der Waals surface area contributed by atoms with E-state index in [9.17, 15) is 14.7 Å². The zero-order chi connectivity index (χ0) is 21.6. The molecule has 2 aromatic rings. The first-order valence-corrected chi connectivity index (χ1v) is 10.6. The van der Waals surface area contributed by atoms with Crippen molar-refractivity contribution >= 4 is 50.7 Å². The highest BCUT2D eigenvalue weighted by Gasteiger charge is 2.60. The van der Waals surface area contributed by atoms with E-state index in [4.69, 9.17) is 16.3 Å². The van der Waals surface area contributed by atoms with Crippen molar-refractivity contribution in [3.63, 3.8) is 0 Å². The number of rotatable bonds is 4. The van der Waals surface area contributed by atoms with Gasteiger partial charge in [-0.2, -0.15) is 0 Å².